The zero-order valence-corrected chi connectivity index (χ0v) is 18.3. The second kappa shape index (κ2) is 8.57. The molecule has 1 aliphatic carbocycles. The van der Waals surface area contributed by atoms with Crippen molar-refractivity contribution < 1.29 is 4.79 Å². The third-order valence-electron chi connectivity index (χ3n) is 7.24. The number of hydrogen-bond acceptors (Lipinski definition) is 5. The number of H-pyrrole nitrogens is 1. The number of aromatic amines is 1. The largest absolute Gasteiger partial charge is 0.328 e. The molecule has 1 amide bonds. The van der Waals surface area contributed by atoms with E-state index in [4.69, 9.17) is 4.98 Å². The number of rotatable bonds is 3. The van der Waals surface area contributed by atoms with Crippen LogP contribution in [-0.4, -0.2) is 54.6 Å². The third-order valence-corrected chi connectivity index (χ3v) is 7.24. The van der Waals surface area contributed by atoms with Crippen molar-refractivity contribution in [3.63, 3.8) is 0 Å². The van der Waals surface area contributed by atoms with Crippen LogP contribution in [0.5, 0.6) is 0 Å². The fourth-order valence-electron chi connectivity index (χ4n) is 5.54. The van der Waals surface area contributed by atoms with Gasteiger partial charge in [0.2, 0.25) is 0 Å². The maximum Gasteiger partial charge on any atom is 0.257 e. The Morgan fingerprint density at radius 2 is 1.90 bits per heavy atom. The van der Waals surface area contributed by atoms with Crippen molar-refractivity contribution in [1.82, 2.24) is 29.5 Å². The van der Waals surface area contributed by atoms with Crippen LogP contribution in [0.15, 0.2) is 17.2 Å². The topological polar surface area (TPSA) is 87.1 Å². The minimum atomic E-state index is -0.184. The van der Waals surface area contributed by atoms with Crippen LogP contribution in [0.2, 0.25) is 0 Å². The number of nitrogens with zero attached hydrogens (tertiary/aromatic N) is 5. The molecular formula is C23H32N6O2. The van der Waals surface area contributed by atoms with Gasteiger partial charge in [0.05, 0.1) is 29.1 Å². The fourth-order valence-corrected chi connectivity index (χ4v) is 5.54. The Balaban J connectivity index is 1.39. The van der Waals surface area contributed by atoms with Gasteiger partial charge in [0, 0.05) is 45.3 Å². The van der Waals surface area contributed by atoms with Gasteiger partial charge in [0.25, 0.3) is 11.5 Å². The highest BCUT2D eigenvalue weighted by atomic mass is 16.2. The summed E-state index contributed by atoms with van der Waals surface area (Å²) in [6, 6.07) is 0.419. The van der Waals surface area contributed by atoms with Crippen molar-refractivity contribution in [3.05, 3.63) is 45.4 Å². The minimum absolute atomic E-state index is 0.0279. The number of aryl methyl sites for hydroxylation is 1. The Labute approximate surface area is 182 Å². The van der Waals surface area contributed by atoms with E-state index in [9.17, 15) is 9.59 Å². The van der Waals surface area contributed by atoms with Crippen LogP contribution < -0.4 is 5.56 Å². The van der Waals surface area contributed by atoms with E-state index in [1.807, 2.05) is 11.9 Å². The van der Waals surface area contributed by atoms with E-state index in [2.05, 4.69) is 15.0 Å². The van der Waals surface area contributed by atoms with Crippen molar-refractivity contribution in [1.29, 1.82) is 0 Å². The SMILES string of the molecule is Cn1cc(C(=O)N2CCCC[C@@H]2c2nc3c(c(=O)[nH]2)CN(C2CCCCC2)CC3)cn1. The molecular weight excluding hydrogens is 392 g/mol. The standard InChI is InChI=1S/C23H32N6O2/c1-27-14-16(13-24-27)23(31)29-11-6-5-9-20(29)21-25-19-10-12-28(15-18(19)22(30)26-21)17-7-3-2-4-8-17/h13-14,17,20H,2-12,15H2,1H3,(H,25,26,30)/t20-/m1/s1. The van der Waals surface area contributed by atoms with Crippen molar-refractivity contribution in [2.45, 2.75) is 76.4 Å². The Morgan fingerprint density at radius 1 is 1.10 bits per heavy atom. The van der Waals surface area contributed by atoms with Crippen LogP contribution >= 0.6 is 0 Å². The monoisotopic (exact) mass is 424 g/mol. The molecule has 1 saturated carbocycles. The molecule has 8 nitrogen and oxygen atoms in total. The van der Waals surface area contributed by atoms with Crippen molar-refractivity contribution in [2.24, 2.45) is 7.05 Å². The Hall–Kier alpha value is -2.48. The molecule has 166 valence electrons. The first-order chi connectivity index (χ1) is 15.1. The van der Waals surface area contributed by atoms with Gasteiger partial charge in [-0.1, -0.05) is 19.3 Å². The molecule has 0 radical (unpaired) electrons. The Kier molecular flexibility index (Phi) is 5.65. The van der Waals surface area contributed by atoms with Crippen LogP contribution in [0.1, 0.15) is 84.8 Å². The Bertz CT molecular complexity index is 1010. The number of likely N-dealkylation sites (tertiary alicyclic amines) is 1. The van der Waals surface area contributed by atoms with Gasteiger partial charge in [-0.15, -0.1) is 0 Å². The number of piperidine rings is 1. The minimum Gasteiger partial charge on any atom is -0.328 e. The summed E-state index contributed by atoms with van der Waals surface area (Å²) in [5.74, 6) is 0.605. The molecule has 0 bridgehead atoms. The van der Waals surface area contributed by atoms with Crippen molar-refractivity contribution in [3.8, 4) is 0 Å². The normalized spacial score (nSPS) is 23.0. The summed E-state index contributed by atoms with van der Waals surface area (Å²) in [4.78, 5) is 38.5. The fraction of sp³-hybridized carbons (Fsp3) is 0.652. The molecule has 2 aromatic rings. The van der Waals surface area contributed by atoms with E-state index < -0.39 is 0 Å². The number of amides is 1. The number of nitrogens with one attached hydrogen (secondary N) is 1. The first-order valence-corrected chi connectivity index (χ1v) is 11.8. The van der Waals surface area contributed by atoms with E-state index in [0.29, 0.717) is 30.5 Å². The van der Waals surface area contributed by atoms with E-state index in [0.717, 1.165) is 43.5 Å². The average Bonchev–Trinajstić information content (AvgIpc) is 3.25. The highest BCUT2D eigenvalue weighted by molar-refractivity contribution is 5.94. The molecule has 0 spiro atoms. The van der Waals surface area contributed by atoms with Gasteiger partial charge in [-0.05, 0) is 32.1 Å². The van der Waals surface area contributed by atoms with E-state index in [-0.39, 0.29) is 17.5 Å². The number of carbonyl (C=O) groups is 1. The molecule has 4 heterocycles. The molecule has 1 atom stereocenters. The third kappa shape index (κ3) is 4.05. The second-order valence-electron chi connectivity index (χ2n) is 9.30. The van der Waals surface area contributed by atoms with E-state index in [1.54, 1.807) is 17.1 Å². The van der Waals surface area contributed by atoms with Crippen molar-refractivity contribution in [2.75, 3.05) is 13.1 Å². The molecule has 1 N–H and O–H groups in total. The predicted molar refractivity (Wildman–Crippen MR) is 117 cm³/mol. The summed E-state index contributed by atoms with van der Waals surface area (Å²) in [7, 11) is 1.81. The van der Waals surface area contributed by atoms with Crippen molar-refractivity contribution >= 4 is 5.91 Å². The van der Waals surface area contributed by atoms with Gasteiger partial charge >= 0.3 is 0 Å². The first kappa shape index (κ1) is 20.4. The predicted octanol–water partition coefficient (Wildman–Crippen LogP) is 2.56. The maximum absolute atomic E-state index is 13.1. The lowest BCUT2D eigenvalue weighted by Gasteiger charge is -2.38. The lowest BCUT2D eigenvalue weighted by Crippen LogP contribution is -2.44. The molecule has 3 aliphatic rings. The summed E-state index contributed by atoms with van der Waals surface area (Å²) >= 11 is 0. The maximum atomic E-state index is 13.1. The molecule has 0 aromatic carbocycles. The van der Waals surface area contributed by atoms with Crippen LogP contribution in [-0.2, 0) is 20.0 Å². The summed E-state index contributed by atoms with van der Waals surface area (Å²) in [5.41, 5.74) is 2.30. The first-order valence-electron chi connectivity index (χ1n) is 11.8. The summed E-state index contributed by atoms with van der Waals surface area (Å²) < 4.78 is 1.64. The second-order valence-corrected chi connectivity index (χ2v) is 9.30. The van der Waals surface area contributed by atoms with Gasteiger partial charge in [-0.3, -0.25) is 19.2 Å². The molecule has 2 aromatic heterocycles. The molecule has 1 saturated heterocycles. The summed E-state index contributed by atoms with van der Waals surface area (Å²) in [6.07, 6.45) is 13.4. The quantitative estimate of drug-likeness (QED) is 0.818. The highest BCUT2D eigenvalue weighted by Crippen LogP contribution is 2.31. The summed E-state index contributed by atoms with van der Waals surface area (Å²) in [5, 5.41) is 4.14. The smallest absolute Gasteiger partial charge is 0.257 e. The van der Waals surface area contributed by atoms with Gasteiger partial charge in [0.1, 0.15) is 5.82 Å². The Morgan fingerprint density at radius 3 is 2.68 bits per heavy atom. The molecule has 2 fully saturated rings. The number of aromatic nitrogens is 4. The lowest BCUT2D eigenvalue weighted by atomic mass is 9.92. The van der Waals surface area contributed by atoms with Crippen LogP contribution in [0.4, 0.5) is 0 Å². The number of fused-ring (bicyclic) bond motifs is 1. The number of hydrogen-bond donors (Lipinski definition) is 1. The van der Waals surface area contributed by atoms with Gasteiger partial charge < -0.3 is 9.88 Å². The number of carbonyl (C=O) groups excluding carboxylic acids is 1. The lowest BCUT2D eigenvalue weighted by molar-refractivity contribution is 0.0598. The van der Waals surface area contributed by atoms with Gasteiger partial charge in [0.15, 0.2) is 0 Å². The van der Waals surface area contributed by atoms with E-state index >= 15 is 0 Å². The zero-order chi connectivity index (χ0) is 21.4. The van der Waals surface area contributed by atoms with Crippen LogP contribution in [0, 0.1) is 0 Å². The van der Waals surface area contributed by atoms with Gasteiger partial charge in [-0.25, -0.2) is 4.98 Å². The molecule has 2 aliphatic heterocycles. The van der Waals surface area contributed by atoms with Crippen LogP contribution in [0.25, 0.3) is 0 Å². The molecule has 0 unspecified atom stereocenters. The van der Waals surface area contributed by atoms with E-state index in [1.165, 1.54) is 32.1 Å². The molecule has 31 heavy (non-hydrogen) atoms. The van der Waals surface area contributed by atoms with Crippen LogP contribution in [0.3, 0.4) is 0 Å². The highest BCUT2D eigenvalue weighted by Gasteiger charge is 2.33. The average molecular weight is 425 g/mol. The molecule has 5 rings (SSSR count). The zero-order valence-electron chi connectivity index (χ0n) is 18.3. The molecule has 8 heteroatoms. The van der Waals surface area contributed by atoms with Gasteiger partial charge in [-0.2, -0.15) is 5.10 Å². The summed E-state index contributed by atoms with van der Waals surface area (Å²) in [6.45, 7) is 2.34.